The monoisotopic (exact) mass is 239 g/mol. The molecule has 1 aromatic rings. The van der Waals surface area contributed by atoms with E-state index >= 15 is 0 Å². The van der Waals surface area contributed by atoms with Crippen LogP contribution in [0, 0.1) is 6.92 Å². The predicted octanol–water partition coefficient (Wildman–Crippen LogP) is 0.273. The summed E-state index contributed by atoms with van der Waals surface area (Å²) in [6.45, 7) is 1.89. The number of rotatable bonds is 5. The third-order valence-corrected chi connectivity index (χ3v) is 2.48. The number of nitrogens with two attached hydrogens (primary N) is 1. The number of ether oxygens (including phenoxy) is 1. The van der Waals surface area contributed by atoms with Crippen molar-refractivity contribution in [2.45, 2.75) is 25.6 Å². The molecule has 1 aromatic carbocycles. The standard InChI is InChI=1S/C12H17NO4/c1-7-3-4-8(10(5-7)17-2)12(16)9(14)6-11(13)15/h3-5,9,12,14,16H,6H2,1-2H3,(H2,13,15). The first-order valence-corrected chi connectivity index (χ1v) is 5.24. The smallest absolute Gasteiger partial charge is 0.220 e. The molecule has 0 bridgehead atoms. The van der Waals surface area contributed by atoms with Gasteiger partial charge in [0.25, 0.3) is 0 Å². The fourth-order valence-electron chi connectivity index (χ4n) is 1.59. The zero-order chi connectivity index (χ0) is 13.0. The molecular weight excluding hydrogens is 222 g/mol. The number of primary amides is 1. The quantitative estimate of drug-likeness (QED) is 0.687. The van der Waals surface area contributed by atoms with Gasteiger partial charge in [0.15, 0.2) is 0 Å². The highest BCUT2D eigenvalue weighted by Gasteiger charge is 2.23. The number of methoxy groups -OCH3 is 1. The summed E-state index contributed by atoms with van der Waals surface area (Å²) in [7, 11) is 1.48. The molecule has 5 nitrogen and oxygen atoms in total. The number of aliphatic hydroxyl groups excluding tert-OH is 2. The van der Waals surface area contributed by atoms with Crippen molar-refractivity contribution in [2.24, 2.45) is 5.73 Å². The average molecular weight is 239 g/mol. The zero-order valence-electron chi connectivity index (χ0n) is 9.88. The minimum absolute atomic E-state index is 0.293. The van der Waals surface area contributed by atoms with Gasteiger partial charge in [0.2, 0.25) is 5.91 Å². The van der Waals surface area contributed by atoms with Crippen LogP contribution in [0.2, 0.25) is 0 Å². The van der Waals surface area contributed by atoms with E-state index in [2.05, 4.69) is 0 Å². The second-order valence-corrected chi connectivity index (χ2v) is 3.93. The molecule has 0 saturated carbocycles. The number of aliphatic hydroxyl groups is 2. The van der Waals surface area contributed by atoms with Crippen molar-refractivity contribution in [2.75, 3.05) is 7.11 Å². The van der Waals surface area contributed by atoms with Crippen molar-refractivity contribution < 1.29 is 19.7 Å². The van der Waals surface area contributed by atoms with E-state index in [1.165, 1.54) is 7.11 Å². The fourth-order valence-corrected chi connectivity index (χ4v) is 1.59. The van der Waals surface area contributed by atoms with E-state index in [9.17, 15) is 15.0 Å². The second-order valence-electron chi connectivity index (χ2n) is 3.93. The third-order valence-electron chi connectivity index (χ3n) is 2.48. The highest BCUT2D eigenvalue weighted by Crippen LogP contribution is 2.29. The molecule has 2 atom stereocenters. The molecule has 0 saturated heterocycles. The zero-order valence-corrected chi connectivity index (χ0v) is 9.88. The van der Waals surface area contributed by atoms with E-state index in [4.69, 9.17) is 10.5 Å². The largest absolute Gasteiger partial charge is 0.496 e. The van der Waals surface area contributed by atoms with Crippen molar-refractivity contribution in [1.29, 1.82) is 0 Å². The maximum atomic E-state index is 10.7. The molecule has 1 amide bonds. The number of carbonyl (C=O) groups excluding carboxylic acids is 1. The Bertz CT molecular complexity index is 405. The third kappa shape index (κ3) is 3.44. The first kappa shape index (κ1) is 13.5. The Kier molecular flexibility index (Phi) is 4.48. The van der Waals surface area contributed by atoms with Crippen LogP contribution >= 0.6 is 0 Å². The molecule has 0 aromatic heterocycles. The van der Waals surface area contributed by atoms with Crippen molar-refractivity contribution in [3.05, 3.63) is 29.3 Å². The van der Waals surface area contributed by atoms with Gasteiger partial charge < -0.3 is 20.7 Å². The first-order chi connectivity index (χ1) is 7.95. The van der Waals surface area contributed by atoms with Crippen LogP contribution in [-0.4, -0.2) is 29.3 Å². The average Bonchev–Trinajstić information content (AvgIpc) is 2.27. The van der Waals surface area contributed by atoms with Gasteiger partial charge in [-0.1, -0.05) is 12.1 Å². The van der Waals surface area contributed by atoms with E-state index in [1.54, 1.807) is 18.2 Å². The molecule has 0 aliphatic rings. The van der Waals surface area contributed by atoms with Crippen LogP contribution in [0.4, 0.5) is 0 Å². The summed E-state index contributed by atoms with van der Waals surface area (Å²) < 4.78 is 5.12. The maximum Gasteiger partial charge on any atom is 0.220 e. The number of hydrogen-bond acceptors (Lipinski definition) is 4. The summed E-state index contributed by atoms with van der Waals surface area (Å²) in [5.74, 6) is -0.191. The van der Waals surface area contributed by atoms with E-state index < -0.39 is 18.1 Å². The minimum atomic E-state index is -1.23. The number of hydrogen-bond donors (Lipinski definition) is 3. The fraction of sp³-hybridized carbons (Fsp3) is 0.417. The number of aryl methyl sites for hydroxylation is 1. The highest BCUT2D eigenvalue weighted by molar-refractivity contribution is 5.74. The summed E-state index contributed by atoms with van der Waals surface area (Å²) in [5.41, 5.74) is 6.37. The Morgan fingerprint density at radius 2 is 2.12 bits per heavy atom. The van der Waals surface area contributed by atoms with Crippen LogP contribution in [0.1, 0.15) is 23.7 Å². The van der Waals surface area contributed by atoms with Gasteiger partial charge in [-0.15, -0.1) is 0 Å². The van der Waals surface area contributed by atoms with Gasteiger partial charge in [0.1, 0.15) is 11.9 Å². The van der Waals surface area contributed by atoms with Crippen molar-refractivity contribution in [3.63, 3.8) is 0 Å². The number of benzene rings is 1. The lowest BCUT2D eigenvalue weighted by Gasteiger charge is -2.19. The van der Waals surface area contributed by atoms with Crippen molar-refractivity contribution in [3.8, 4) is 5.75 Å². The summed E-state index contributed by atoms with van der Waals surface area (Å²) in [6, 6.07) is 5.19. The van der Waals surface area contributed by atoms with E-state index in [-0.39, 0.29) is 6.42 Å². The molecule has 0 spiro atoms. The van der Waals surface area contributed by atoms with Gasteiger partial charge in [-0.05, 0) is 18.6 Å². The summed E-state index contributed by atoms with van der Waals surface area (Å²) in [4.78, 5) is 10.7. The van der Waals surface area contributed by atoms with E-state index in [0.717, 1.165) is 5.56 Å². The van der Waals surface area contributed by atoms with Gasteiger partial charge in [-0.25, -0.2) is 0 Å². The summed E-state index contributed by atoms with van der Waals surface area (Å²) in [6.07, 6.45) is -2.72. The number of amides is 1. The molecule has 17 heavy (non-hydrogen) atoms. The summed E-state index contributed by atoms with van der Waals surface area (Å²) >= 11 is 0. The van der Waals surface area contributed by atoms with Gasteiger partial charge in [0, 0.05) is 5.56 Å². The Labute approximate surface area is 99.8 Å². The van der Waals surface area contributed by atoms with E-state index in [0.29, 0.717) is 11.3 Å². The number of carbonyl (C=O) groups is 1. The van der Waals surface area contributed by atoms with Gasteiger partial charge in [-0.2, -0.15) is 0 Å². The van der Waals surface area contributed by atoms with E-state index in [1.807, 2.05) is 6.92 Å². The molecule has 0 aliphatic heterocycles. The Balaban J connectivity index is 2.94. The molecular formula is C12H17NO4. The van der Waals surface area contributed by atoms with Crippen LogP contribution in [0.25, 0.3) is 0 Å². The van der Waals surface area contributed by atoms with Crippen LogP contribution in [0.5, 0.6) is 5.75 Å². The molecule has 1 rings (SSSR count). The maximum absolute atomic E-state index is 10.7. The van der Waals surface area contributed by atoms with Crippen LogP contribution < -0.4 is 10.5 Å². The Morgan fingerprint density at radius 1 is 1.47 bits per heavy atom. The van der Waals surface area contributed by atoms with Crippen molar-refractivity contribution >= 4 is 5.91 Å². The lowest BCUT2D eigenvalue weighted by molar-refractivity contribution is -0.121. The Hall–Kier alpha value is -1.59. The van der Waals surface area contributed by atoms with Crippen molar-refractivity contribution in [1.82, 2.24) is 0 Å². The van der Waals surface area contributed by atoms with Gasteiger partial charge in [0.05, 0.1) is 19.6 Å². The van der Waals surface area contributed by atoms with Crippen LogP contribution in [0.15, 0.2) is 18.2 Å². The lowest BCUT2D eigenvalue weighted by Crippen LogP contribution is -2.26. The molecule has 0 fully saturated rings. The topological polar surface area (TPSA) is 92.8 Å². The first-order valence-electron chi connectivity index (χ1n) is 5.24. The lowest BCUT2D eigenvalue weighted by atomic mass is 9.99. The predicted molar refractivity (Wildman–Crippen MR) is 62.5 cm³/mol. The van der Waals surface area contributed by atoms with Gasteiger partial charge in [-0.3, -0.25) is 4.79 Å². The Morgan fingerprint density at radius 3 is 2.65 bits per heavy atom. The second kappa shape index (κ2) is 5.65. The van der Waals surface area contributed by atoms with Gasteiger partial charge >= 0.3 is 0 Å². The van der Waals surface area contributed by atoms with Crippen LogP contribution in [-0.2, 0) is 4.79 Å². The molecule has 2 unspecified atom stereocenters. The SMILES string of the molecule is COc1cc(C)ccc1C(O)C(O)CC(N)=O. The molecule has 0 aliphatic carbocycles. The molecule has 0 radical (unpaired) electrons. The van der Waals surface area contributed by atoms with Crippen LogP contribution in [0.3, 0.4) is 0 Å². The molecule has 0 heterocycles. The molecule has 94 valence electrons. The molecule has 5 heteroatoms. The molecule has 4 N–H and O–H groups in total. The summed E-state index contributed by atoms with van der Waals surface area (Å²) in [5, 5.41) is 19.5. The normalized spacial score (nSPS) is 14.1. The minimum Gasteiger partial charge on any atom is -0.496 e. The highest BCUT2D eigenvalue weighted by atomic mass is 16.5.